The molecule has 0 radical (unpaired) electrons. The van der Waals surface area contributed by atoms with Crippen LogP contribution in [-0.4, -0.2) is 56.5 Å². The van der Waals surface area contributed by atoms with Gasteiger partial charge in [0.1, 0.15) is 17.3 Å². The molecule has 3 atom stereocenters. The van der Waals surface area contributed by atoms with Crippen molar-refractivity contribution in [2.45, 2.75) is 25.3 Å². The zero-order valence-corrected chi connectivity index (χ0v) is 21.9. The lowest BCUT2D eigenvalue weighted by Gasteiger charge is -2.38. The van der Waals surface area contributed by atoms with E-state index in [9.17, 15) is 9.18 Å². The van der Waals surface area contributed by atoms with Crippen molar-refractivity contribution in [2.24, 2.45) is 5.92 Å². The molecule has 38 heavy (non-hydrogen) atoms. The zero-order chi connectivity index (χ0) is 26.6. The van der Waals surface area contributed by atoms with Crippen molar-refractivity contribution in [3.63, 3.8) is 0 Å². The molecule has 3 unspecified atom stereocenters. The molecule has 1 amide bonds. The van der Waals surface area contributed by atoms with Crippen molar-refractivity contribution in [3.8, 4) is 23.0 Å². The molecule has 0 bridgehead atoms. The molecule has 3 aromatic carbocycles. The monoisotopic (exact) mass is 520 g/mol. The van der Waals surface area contributed by atoms with Crippen molar-refractivity contribution in [2.75, 3.05) is 40.6 Å². The number of halogens is 1. The van der Waals surface area contributed by atoms with Crippen LogP contribution in [-0.2, 0) is 0 Å². The molecule has 2 heterocycles. The van der Waals surface area contributed by atoms with Crippen LogP contribution in [0.2, 0.25) is 0 Å². The van der Waals surface area contributed by atoms with Crippen LogP contribution < -0.4 is 18.9 Å². The van der Waals surface area contributed by atoms with Crippen LogP contribution in [0.3, 0.4) is 0 Å². The third-order valence-electron chi connectivity index (χ3n) is 7.42. The normalized spacial score (nSPS) is 19.3. The van der Waals surface area contributed by atoms with E-state index in [1.807, 2.05) is 62.6 Å². The van der Waals surface area contributed by atoms with Crippen molar-refractivity contribution < 1.29 is 28.1 Å². The average molecular weight is 521 g/mol. The summed E-state index contributed by atoms with van der Waals surface area (Å²) in [5, 5.41) is 0. The number of likely N-dealkylation sites (tertiary alicyclic amines) is 1. The Morgan fingerprint density at radius 1 is 1.05 bits per heavy atom. The first-order valence-electron chi connectivity index (χ1n) is 12.9. The predicted molar refractivity (Wildman–Crippen MR) is 141 cm³/mol. The minimum absolute atomic E-state index is 0.0210. The van der Waals surface area contributed by atoms with Crippen molar-refractivity contribution in [1.82, 2.24) is 9.80 Å². The zero-order valence-electron chi connectivity index (χ0n) is 21.9. The summed E-state index contributed by atoms with van der Waals surface area (Å²) in [4.78, 5) is 17.0. The van der Waals surface area contributed by atoms with Gasteiger partial charge in [0.2, 0.25) is 6.79 Å². The molecular weight excluding hydrogens is 487 g/mol. The lowest BCUT2D eigenvalue weighted by molar-refractivity contribution is 0.0981. The van der Waals surface area contributed by atoms with Gasteiger partial charge >= 0.3 is 6.09 Å². The van der Waals surface area contributed by atoms with Gasteiger partial charge in [0, 0.05) is 31.1 Å². The summed E-state index contributed by atoms with van der Waals surface area (Å²) in [5.74, 6) is 2.35. The number of hydrogen-bond donors (Lipinski definition) is 0. The second kappa shape index (κ2) is 11.3. The van der Waals surface area contributed by atoms with E-state index in [0.29, 0.717) is 49.1 Å². The fourth-order valence-corrected chi connectivity index (χ4v) is 4.99. The highest BCUT2D eigenvalue weighted by atomic mass is 19.1. The van der Waals surface area contributed by atoms with E-state index in [0.717, 1.165) is 11.1 Å². The molecule has 0 spiro atoms. The number of benzene rings is 3. The SMILES string of the molecule is CC(c1cccc(OC(=O)N2CCC(c3ccc(F)cc3)C(COc3ccc4c(c3)OCO4)C2)c1)N(C)C. The lowest BCUT2D eigenvalue weighted by atomic mass is 9.81. The molecule has 3 aromatic rings. The van der Waals surface area contributed by atoms with Crippen LogP contribution in [0.25, 0.3) is 0 Å². The molecule has 7 nitrogen and oxygen atoms in total. The quantitative estimate of drug-likeness (QED) is 0.389. The standard InChI is InChI=1S/C30H33FN2O5/c1-20(32(2)3)22-5-4-6-26(15-22)38-30(34)33-14-13-27(21-7-9-24(31)10-8-21)23(17-33)18-35-25-11-12-28-29(16-25)37-19-36-28/h4-12,15-16,20,23,27H,13-14,17-19H2,1-3H3. The highest BCUT2D eigenvalue weighted by Crippen LogP contribution is 2.37. The maximum absolute atomic E-state index is 13.6. The molecule has 0 aromatic heterocycles. The predicted octanol–water partition coefficient (Wildman–Crippen LogP) is 5.86. The maximum Gasteiger partial charge on any atom is 0.415 e. The topological polar surface area (TPSA) is 60.5 Å². The van der Waals surface area contributed by atoms with Crippen LogP contribution >= 0.6 is 0 Å². The number of nitrogens with zero attached hydrogens (tertiary/aromatic N) is 2. The van der Waals surface area contributed by atoms with Gasteiger partial charge in [-0.05, 0) is 80.9 Å². The summed E-state index contributed by atoms with van der Waals surface area (Å²) in [6, 6.07) is 19.9. The molecule has 200 valence electrons. The van der Waals surface area contributed by atoms with E-state index >= 15 is 0 Å². The summed E-state index contributed by atoms with van der Waals surface area (Å²) in [6.07, 6.45) is 0.332. The molecule has 0 aliphatic carbocycles. The van der Waals surface area contributed by atoms with Crippen molar-refractivity contribution >= 4 is 6.09 Å². The van der Waals surface area contributed by atoms with Gasteiger partial charge in [-0.3, -0.25) is 0 Å². The molecule has 2 aliphatic rings. The fourth-order valence-electron chi connectivity index (χ4n) is 4.99. The Morgan fingerprint density at radius 3 is 2.63 bits per heavy atom. The molecule has 0 saturated carbocycles. The average Bonchev–Trinajstić information content (AvgIpc) is 3.40. The van der Waals surface area contributed by atoms with E-state index < -0.39 is 0 Å². The Kier molecular flexibility index (Phi) is 7.69. The Hall–Kier alpha value is -3.78. The molecular formula is C30H33FN2O5. The first kappa shape index (κ1) is 25.9. The number of piperidine rings is 1. The maximum atomic E-state index is 13.6. The number of rotatable bonds is 7. The Morgan fingerprint density at radius 2 is 1.84 bits per heavy atom. The van der Waals surface area contributed by atoms with E-state index in [2.05, 4.69) is 11.8 Å². The smallest absolute Gasteiger partial charge is 0.415 e. The molecule has 2 aliphatic heterocycles. The summed E-state index contributed by atoms with van der Waals surface area (Å²) in [5.41, 5.74) is 2.11. The summed E-state index contributed by atoms with van der Waals surface area (Å²) >= 11 is 0. The van der Waals surface area contributed by atoms with E-state index in [4.69, 9.17) is 18.9 Å². The van der Waals surface area contributed by atoms with Gasteiger partial charge in [0.15, 0.2) is 11.5 Å². The summed E-state index contributed by atoms with van der Waals surface area (Å²) in [7, 11) is 4.03. The Balaban J connectivity index is 1.29. The highest BCUT2D eigenvalue weighted by molar-refractivity contribution is 5.71. The first-order valence-corrected chi connectivity index (χ1v) is 12.9. The second-order valence-corrected chi connectivity index (χ2v) is 10.1. The number of hydrogen-bond acceptors (Lipinski definition) is 6. The Labute approximate surface area is 222 Å². The number of fused-ring (bicyclic) bond motifs is 1. The highest BCUT2D eigenvalue weighted by Gasteiger charge is 2.34. The third-order valence-corrected chi connectivity index (χ3v) is 7.42. The van der Waals surface area contributed by atoms with Gasteiger partial charge in [-0.25, -0.2) is 9.18 Å². The minimum atomic E-state index is -0.384. The number of carbonyl (C=O) groups excluding carboxylic acids is 1. The third kappa shape index (κ3) is 5.86. The van der Waals surface area contributed by atoms with Gasteiger partial charge in [-0.15, -0.1) is 0 Å². The van der Waals surface area contributed by atoms with E-state index in [1.165, 1.54) is 12.1 Å². The lowest BCUT2D eigenvalue weighted by Crippen LogP contribution is -2.46. The van der Waals surface area contributed by atoms with Gasteiger partial charge in [0.25, 0.3) is 0 Å². The number of amides is 1. The van der Waals surface area contributed by atoms with Crippen LogP contribution in [0.1, 0.15) is 36.4 Å². The second-order valence-electron chi connectivity index (χ2n) is 10.1. The van der Waals surface area contributed by atoms with Gasteiger partial charge < -0.3 is 28.7 Å². The summed E-state index contributed by atoms with van der Waals surface area (Å²) < 4.78 is 36.4. The van der Waals surface area contributed by atoms with Gasteiger partial charge in [-0.2, -0.15) is 0 Å². The van der Waals surface area contributed by atoms with Crippen LogP contribution in [0.4, 0.5) is 9.18 Å². The molecule has 8 heteroatoms. The first-order chi connectivity index (χ1) is 18.4. The van der Waals surface area contributed by atoms with Gasteiger partial charge in [0.05, 0.1) is 6.61 Å². The fraction of sp³-hybridized carbons (Fsp3) is 0.367. The van der Waals surface area contributed by atoms with Crippen LogP contribution in [0.15, 0.2) is 66.7 Å². The van der Waals surface area contributed by atoms with E-state index in [1.54, 1.807) is 11.0 Å². The van der Waals surface area contributed by atoms with Crippen LogP contribution in [0.5, 0.6) is 23.0 Å². The summed E-state index contributed by atoms with van der Waals surface area (Å²) in [6.45, 7) is 3.67. The minimum Gasteiger partial charge on any atom is -0.493 e. The molecule has 0 N–H and O–H groups in total. The van der Waals surface area contributed by atoms with Crippen molar-refractivity contribution in [3.05, 3.63) is 83.7 Å². The number of ether oxygens (including phenoxy) is 4. The molecule has 1 fully saturated rings. The van der Waals surface area contributed by atoms with Gasteiger partial charge in [-0.1, -0.05) is 24.3 Å². The molecule has 1 saturated heterocycles. The largest absolute Gasteiger partial charge is 0.493 e. The number of carbonyl (C=O) groups is 1. The van der Waals surface area contributed by atoms with E-state index in [-0.39, 0.29) is 36.6 Å². The Bertz CT molecular complexity index is 1270. The van der Waals surface area contributed by atoms with Crippen LogP contribution in [0, 0.1) is 11.7 Å². The molecule has 5 rings (SSSR count). The van der Waals surface area contributed by atoms with Crippen molar-refractivity contribution in [1.29, 1.82) is 0 Å².